The zero-order valence-electron chi connectivity index (χ0n) is 9.97. The quantitative estimate of drug-likeness (QED) is 0.747. The molecule has 0 aliphatic carbocycles. The Labute approximate surface area is 115 Å². The first-order chi connectivity index (χ1) is 9.24. The van der Waals surface area contributed by atoms with Crippen molar-refractivity contribution in [2.24, 2.45) is 0 Å². The van der Waals surface area contributed by atoms with E-state index in [1.807, 2.05) is 30.3 Å². The number of hydrogen-bond acceptors (Lipinski definition) is 4. The van der Waals surface area contributed by atoms with Crippen LogP contribution in [0.25, 0.3) is 10.9 Å². The summed E-state index contributed by atoms with van der Waals surface area (Å²) in [7, 11) is 0. The zero-order valence-corrected chi connectivity index (χ0v) is 10.7. The third-order valence-electron chi connectivity index (χ3n) is 2.78. The highest BCUT2D eigenvalue weighted by atomic mass is 35.5. The van der Waals surface area contributed by atoms with Crippen LogP contribution in [0.4, 0.5) is 17.2 Å². The van der Waals surface area contributed by atoms with Crippen molar-refractivity contribution >= 4 is 39.7 Å². The molecule has 0 saturated carbocycles. The highest BCUT2D eigenvalue weighted by molar-refractivity contribution is 6.30. The maximum absolute atomic E-state index is 5.89. The summed E-state index contributed by atoms with van der Waals surface area (Å²) in [5, 5.41) is 4.74. The molecule has 0 spiro atoms. The van der Waals surface area contributed by atoms with Gasteiger partial charge < -0.3 is 11.1 Å². The number of nitrogens with two attached hydrogens (primary N) is 1. The molecule has 0 aliphatic heterocycles. The van der Waals surface area contributed by atoms with E-state index in [9.17, 15) is 0 Å². The third-order valence-corrected chi connectivity index (χ3v) is 2.99. The number of nitrogen functional groups attached to an aromatic ring is 1. The largest absolute Gasteiger partial charge is 0.396 e. The minimum Gasteiger partial charge on any atom is -0.396 e. The van der Waals surface area contributed by atoms with E-state index in [4.69, 9.17) is 17.3 Å². The van der Waals surface area contributed by atoms with Gasteiger partial charge >= 0.3 is 0 Å². The summed E-state index contributed by atoms with van der Waals surface area (Å²) in [6.45, 7) is 0. The lowest BCUT2D eigenvalue weighted by Crippen LogP contribution is -1.99. The summed E-state index contributed by atoms with van der Waals surface area (Å²) in [5.74, 6) is 0.584. The third kappa shape index (κ3) is 2.30. The number of rotatable bonds is 2. The van der Waals surface area contributed by atoms with Gasteiger partial charge in [0.15, 0.2) is 5.82 Å². The summed E-state index contributed by atoms with van der Waals surface area (Å²) < 4.78 is 0. The second-order valence-electron chi connectivity index (χ2n) is 4.09. The van der Waals surface area contributed by atoms with Gasteiger partial charge in [0.2, 0.25) is 0 Å². The van der Waals surface area contributed by atoms with Crippen molar-refractivity contribution < 1.29 is 0 Å². The molecular formula is C14H11ClN4. The van der Waals surface area contributed by atoms with Crippen LogP contribution >= 0.6 is 11.6 Å². The number of fused-ring (bicyclic) bond motifs is 1. The van der Waals surface area contributed by atoms with Crippen molar-refractivity contribution in [2.45, 2.75) is 0 Å². The van der Waals surface area contributed by atoms with Crippen LogP contribution in [-0.4, -0.2) is 9.97 Å². The van der Waals surface area contributed by atoms with E-state index < -0.39 is 0 Å². The van der Waals surface area contributed by atoms with Crippen LogP contribution in [0.15, 0.2) is 48.8 Å². The average Bonchev–Trinajstić information content (AvgIpc) is 2.42. The van der Waals surface area contributed by atoms with Crippen LogP contribution in [0, 0.1) is 0 Å². The minimum atomic E-state index is 0.508. The van der Waals surface area contributed by atoms with Crippen molar-refractivity contribution in [3.63, 3.8) is 0 Å². The molecule has 0 radical (unpaired) electrons. The Morgan fingerprint density at radius 1 is 1.11 bits per heavy atom. The van der Waals surface area contributed by atoms with E-state index in [1.165, 1.54) is 0 Å². The van der Waals surface area contributed by atoms with Crippen molar-refractivity contribution in [2.75, 3.05) is 11.1 Å². The molecule has 3 aromatic rings. The van der Waals surface area contributed by atoms with Gasteiger partial charge in [-0.15, -0.1) is 0 Å². The van der Waals surface area contributed by atoms with Crippen LogP contribution < -0.4 is 11.1 Å². The molecular weight excluding hydrogens is 260 g/mol. The molecule has 94 valence electrons. The fourth-order valence-electron chi connectivity index (χ4n) is 1.90. The van der Waals surface area contributed by atoms with E-state index in [-0.39, 0.29) is 0 Å². The first-order valence-electron chi connectivity index (χ1n) is 5.76. The number of pyridine rings is 2. The molecule has 0 unspecified atom stereocenters. The van der Waals surface area contributed by atoms with E-state index in [0.717, 1.165) is 16.6 Å². The molecule has 0 aliphatic rings. The van der Waals surface area contributed by atoms with Gasteiger partial charge in [0, 0.05) is 23.5 Å². The second-order valence-corrected chi connectivity index (χ2v) is 4.53. The maximum atomic E-state index is 5.89. The number of halogens is 1. The topological polar surface area (TPSA) is 63.8 Å². The molecule has 4 nitrogen and oxygen atoms in total. The molecule has 0 fully saturated rings. The SMILES string of the molecule is Nc1cc(Cl)cnc1Nc1cccc2ncccc12. The summed E-state index contributed by atoms with van der Waals surface area (Å²) in [4.78, 5) is 8.50. The Hall–Kier alpha value is -2.33. The number of nitrogens with one attached hydrogen (secondary N) is 1. The predicted molar refractivity (Wildman–Crippen MR) is 78.7 cm³/mol. The maximum Gasteiger partial charge on any atom is 0.153 e. The van der Waals surface area contributed by atoms with Gasteiger partial charge in [-0.25, -0.2) is 4.98 Å². The zero-order chi connectivity index (χ0) is 13.2. The lowest BCUT2D eigenvalue weighted by atomic mass is 10.2. The van der Waals surface area contributed by atoms with E-state index in [1.54, 1.807) is 18.5 Å². The number of aromatic nitrogens is 2. The van der Waals surface area contributed by atoms with Crippen LogP contribution in [0.3, 0.4) is 0 Å². The minimum absolute atomic E-state index is 0.508. The van der Waals surface area contributed by atoms with Gasteiger partial charge in [0.1, 0.15) is 0 Å². The Kier molecular flexibility index (Phi) is 2.93. The predicted octanol–water partition coefficient (Wildman–Crippen LogP) is 3.61. The normalized spacial score (nSPS) is 10.6. The first kappa shape index (κ1) is 11.7. The monoisotopic (exact) mass is 270 g/mol. The number of anilines is 3. The fraction of sp³-hybridized carbons (Fsp3) is 0. The van der Waals surface area contributed by atoms with Crippen molar-refractivity contribution in [3.8, 4) is 0 Å². The summed E-state index contributed by atoms with van der Waals surface area (Å²) in [5.41, 5.74) is 8.22. The van der Waals surface area contributed by atoms with Gasteiger partial charge in [0.25, 0.3) is 0 Å². The Morgan fingerprint density at radius 2 is 2.00 bits per heavy atom. The summed E-state index contributed by atoms with van der Waals surface area (Å²) in [6, 6.07) is 11.4. The average molecular weight is 271 g/mol. The van der Waals surface area contributed by atoms with Gasteiger partial charge in [-0.2, -0.15) is 0 Å². The second kappa shape index (κ2) is 4.74. The smallest absolute Gasteiger partial charge is 0.153 e. The molecule has 0 bridgehead atoms. The highest BCUT2D eigenvalue weighted by Crippen LogP contribution is 2.27. The van der Waals surface area contributed by atoms with Gasteiger partial charge in [0.05, 0.1) is 16.2 Å². The van der Waals surface area contributed by atoms with Gasteiger partial charge in [-0.05, 0) is 30.3 Å². The van der Waals surface area contributed by atoms with Crippen molar-refractivity contribution in [1.82, 2.24) is 9.97 Å². The molecule has 2 heterocycles. The summed E-state index contributed by atoms with van der Waals surface area (Å²) >= 11 is 5.83. The fourth-order valence-corrected chi connectivity index (χ4v) is 2.07. The Bertz CT molecular complexity index is 737. The molecule has 1 aromatic carbocycles. The van der Waals surface area contributed by atoms with Crippen LogP contribution in [0.2, 0.25) is 5.02 Å². The molecule has 0 atom stereocenters. The Morgan fingerprint density at radius 3 is 2.84 bits per heavy atom. The molecule has 2 aromatic heterocycles. The lowest BCUT2D eigenvalue weighted by Gasteiger charge is -2.10. The van der Waals surface area contributed by atoms with Crippen LogP contribution in [0.1, 0.15) is 0 Å². The first-order valence-corrected chi connectivity index (χ1v) is 6.13. The van der Waals surface area contributed by atoms with E-state index in [2.05, 4.69) is 15.3 Å². The molecule has 3 rings (SSSR count). The standard InChI is InChI=1S/C14H11ClN4/c15-9-7-11(16)14(18-8-9)19-13-5-1-4-12-10(13)3-2-6-17-12/h1-8H,16H2,(H,18,19). The number of hydrogen-bond donors (Lipinski definition) is 2. The van der Waals surface area contributed by atoms with Gasteiger partial charge in [-0.1, -0.05) is 17.7 Å². The highest BCUT2D eigenvalue weighted by Gasteiger charge is 2.05. The molecule has 3 N–H and O–H groups in total. The van der Waals surface area contributed by atoms with E-state index in [0.29, 0.717) is 16.5 Å². The molecule has 0 saturated heterocycles. The molecule has 0 amide bonds. The molecule has 5 heteroatoms. The molecule has 19 heavy (non-hydrogen) atoms. The van der Waals surface area contributed by atoms with Gasteiger partial charge in [-0.3, -0.25) is 4.98 Å². The van der Waals surface area contributed by atoms with Crippen LogP contribution in [-0.2, 0) is 0 Å². The number of nitrogens with zero attached hydrogens (tertiary/aromatic N) is 2. The van der Waals surface area contributed by atoms with Crippen molar-refractivity contribution in [1.29, 1.82) is 0 Å². The van der Waals surface area contributed by atoms with E-state index >= 15 is 0 Å². The van der Waals surface area contributed by atoms with Crippen molar-refractivity contribution in [3.05, 3.63) is 53.8 Å². The lowest BCUT2D eigenvalue weighted by molar-refractivity contribution is 1.31. The summed E-state index contributed by atoms with van der Waals surface area (Å²) in [6.07, 6.45) is 3.32. The van der Waals surface area contributed by atoms with Crippen LogP contribution in [0.5, 0.6) is 0 Å². The number of benzene rings is 1. The Balaban J connectivity index is 2.06.